The lowest BCUT2D eigenvalue weighted by Crippen LogP contribution is -2.41. The van der Waals surface area contributed by atoms with E-state index >= 15 is 0 Å². The van der Waals surface area contributed by atoms with Crippen molar-refractivity contribution in [1.29, 1.82) is 0 Å². The average Bonchev–Trinajstić information content (AvgIpc) is 2.08. The lowest BCUT2D eigenvalue weighted by atomic mass is 10.1. The summed E-state index contributed by atoms with van der Waals surface area (Å²) in [6.45, 7) is 3.39. The van der Waals surface area contributed by atoms with Crippen molar-refractivity contribution in [2.24, 2.45) is 0 Å². The molecule has 1 N–H and O–H groups in total. The van der Waals surface area contributed by atoms with Crippen LogP contribution in [0.3, 0.4) is 0 Å². The maximum Gasteiger partial charge on any atom is 0.260 e. The molecule has 1 atom stereocenters. The van der Waals surface area contributed by atoms with Gasteiger partial charge in [-0.25, -0.2) is 5.26 Å². The highest BCUT2D eigenvalue weighted by Gasteiger charge is 2.36. The van der Waals surface area contributed by atoms with Gasteiger partial charge in [-0.2, -0.15) is 4.89 Å². The Morgan fingerprint density at radius 3 is 2.18 bits per heavy atom. The highest BCUT2D eigenvalue weighted by molar-refractivity contribution is 5.85. The Hall–Kier alpha value is -0.450. The molecule has 4 nitrogen and oxygen atoms in total. The van der Waals surface area contributed by atoms with Crippen LogP contribution in [0.15, 0.2) is 0 Å². The van der Waals surface area contributed by atoms with Gasteiger partial charge in [-0.15, -0.1) is 0 Å². The lowest BCUT2D eigenvalue weighted by molar-refractivity contribution is -0.380. The second-order valence-corrected chi connectivity index (χ2v) is 2.18. The molecule has 0 aliphatic heterocycles. The first-order valence-electron chi connectivity index (χ1n) is 3.57. The van der Waals surface area contributed by atoms with E-state index in [0.29, 0.717) is 6.42 Å². The summed E-state index contributed by atoms with van der Waals surface area (Å²) in [6.07, 6.45) is 0.578. The van der Waals surface area contributed by atoms with Gasteiger partial charge < -0.3 is 4.74 Å². The topological polar surface area (TPSA) is 55.8 Å². The van der Waals surface area contributed by atoms with Crippen molar-refractivity contribution < 1.29 is 19.7 Å². The number of Topliss-reactive ketones (excluding diaryl/α,β-unsaturated/α-hetero) is 1. The molecule has 0 aliphatic rings. The molecule has 11 heavy (non-hydrogen) atoms. The number of carbonyl (C=O) groups excluding carboxylic acids is 1. The Balaban J connectivity index is 4.39. The Labute approximate surface area is 66.0 Å². The quantitative estimate of drug-likeness (QED) is 0.375. The van der Waals surface area contributed by atoms with Gasteiger partial charge >= 0.3 is 0 Å². The smallest absolute Gasteiger partial charge is 0.260 e. The highest BCUT2D eigenvalue weighted by atomic mass is 17.1. The van der Waals surface area contributed by atoms with Crippen molar-refractivity contribution in [3.8, 4) is 0 Å². The maximum absolute atomic E-state index is 11.1. The Morgan fingerprint density at radius 2 is 2.09 bits per heavy atom. The molecule has 0 bridgehead atoms. The standard InChI is InChI=1S/C7H14O4/c1-4-6(8)7(5-2,10-3)11-9/h9H,4-5H2,1-3H3. The molecule has 0 aromatic carbocycles. The van der Waals surface area contributed by atoms with Crippen molar-refractivity contribution in [3.63, 3.8) is 0 Å². The fraction of sp³-hybridized carbons (Fsp3) is 0.857. The van der Waals surface area contributed by atoms with Gasteiger partial charge in [-0.05, 0) is 0 Å². The summed E-state index contributed by atoms with van der Waals surface area (Å²) in [5, 5.41) is 8.43. The molecular formula is C7H14O4. The molecular weight excluding hydrogens is 148 g/mol. The summed E-state index contributed by atoms with van der Waals surface area (Å²) in [4.78, 5) is 15.1. The predicted molar refractivity (Wildman–Crippen MR) is 39.0 cm³/mol. The van der Waals surface area contributed by atoms with E-state index in [9.17, 15) is 4.79 Å². The summed E-state index contributed by atoms with van der Waals surface area (Å²) in [7, 11) is 1.33. The van der Waals surface area contributed by atoms with Crippen molar-refractivity contribution >= 4 is 5.78 Å². The first kappa shape index (κ1) is 10.6. The average molecular weight is 162 g/mol. The fourth-order valence-corrected chi connectivity index (χ4v) is 0.877. The van der Waals surface area contributed by atoms with E-state index in [1.807, 2.05) is 0 Å². The van der Waals surface area contributed by atoms with E-state index < -0.39 is 5.79 Å². The van der Waals surface area contributed by atoms with Crippen molar-refractivity contribution in [1.82, 2.24) is 0 Å². The fourth-order valence-electron chi connectivity index (χ4n) is 0.877. The van der Waals surface area contributed by atoms with Crippen LogP contribution in [-0.4, -0.2) is 23.9 Å². The van der Waals surface area contributed by atoms with Crippen LogP contribution >= 0.6 is 0 Å². The molecule has 66 valence electrons. The van der Waals surface area contributed by atoms with Crippen LogP contribution < -0.4 is 0 Å². The maximum atomic E-state index is 11.1. The molecule has 0 spiro atoms. The number of ketones is 1. The molecule has 0 amide bonds. The van der Waals surface area contributed by atoms with Gasteiger partial charge in [0.2, 0.25) is 0 Å². The minimum atomic E-state index is -1.45. The van der Waals surface area contributed by atoms with Gasteiger partial charge in [0.25, 0.3) is 5.79 Å². The molecule has 1 unspecified atom stereocenters. The van der Waals surface area contributed by atoms with Crippen molar-refractivity contribution in [2.75, 3.05) is 7.11 Å². The third-order valence-electron chi connectivity index (χ3n) is 1.69. The zero-order valence-corrected chi connectivity index (χ0v) is 7.09. The summed E-state index contributed by atoms with van der Waals surface area (Å²) in [5.41, 5.74) is 0. The van der Waals surface area contributed by atoms with Crippen molar-refractivity contribution in [2.45, 2.75) is 32.5 Å². The van der Waals surface area contributed by atoms with Crippen LogP contribution in [0.1, 0.15) is 26.7 Å². The molecule has 0 fully saturated rings. The number of methoxy groups -OCH3 is 1. The zero-order chi connectivity index (χ0) is 8.91. The Morgan fingerprint density at radius 1 is 1.55 bits per heavy atom. The molecule has 0 radical (unpaired) electrons. The number of carbonyl (C=O) groups is 1. The Bertz CT molecular complexity index is 120. The van der Waals surface area contributed by atoms with Gasteiger partial charge in [0.15, 0.2) is 5.78 Å². The molecule has 0 aromatic heterocycles. The SMILES string of the molecule is CCC(=O)C(CC)(OC)OO. The number of ether oxygens (including phenoxy) is 1. The van der Waals surface area contributed by atoms with E-state index in [4.69, 9.17) is 9.99 Å². The van der Waals surface area contributed by atoms with Crippen LogP contribution in [0.4, 0.5) is 0 Å². The molecule has 0 rings (SSSR count). The molecule has 0 saturated heterocycles. The van der Waals surface area contributed by atoms with Crippen molar-refractivity contribution in [3.05, 3.63) is 0 Å². The van der Waals surface area contributed by atoms with Crippen LogP contribution in [0.25, 0.3) is 0 Å². The first-order chi connectivity index (χ1) is 5.16. The molecule has 4 heteroatoms. The predicted octanol–water partition coefficient (Wildman–Crippen LogP) is 1.21. The number of hydrogen-bond acceptors (Lipinski definition) is 4. The minimum Gasteiger partial charge on any atom is -0.345 e. The second kappa shape index (κ2) is 4.43. The molecule has 0 aromatic rings. The monoisotopic (exact) mass is 162 g/mol. The van der Waals surface area contributed by atoms with Crippen LogP contribution in [-0.2, 0) is 14.4 Å². The van der Waals surface area contributed by atoms with Gasteiger partial charge in [0.05, 0.1) is 0 Å². The molecule has 0 saturated carbocycles. The largest absolute Gasteiger partial charge is 0.345 e. The van der Waals surface area contributed by atoms with E-state index in [-0.39, 0.29) is 12.2 Å². The first-order valence-corrected chi connectivity index (χ1v) is 3.57. The van der Waals surface area contributed by atoms with E-state index in [1.165, 1.54) is 7.11 Å². The normalized spacial score (nSPS) is 16.0. The van der Waals surface area contributed by atoms with E-state index in [1.54, 1.807) is 13.8 Å². The van der Waals surface area contributed by atoms with Gasteiger partial charge in [0.1, 0.15) is 0 Å². The Kier molecular flexibility index (Phi) is 4.25. The third-order valence-corrected chi connectivity index (χ3v) is 1.69. The van der Waals surface area contributed by atoms with Crippen LogP contribution in [0, 0.1) is 0 Å². The second-order valence-electron chi connectivity index (χ2n) is 2.18. The summed E-state index contributed by atoms with van der Waals surface area (Å²) >= 11 is 0. The number of hydrogen-bond donors (Lipinski definition) is 1. The molecule has 0 heterocycles. The summed E-state index contributed by atoms with van der Waals surface area (Å²) in [5.74, 6) is -1.71. The van der Waals surface area contributed by atoms with E-state index in [0.717, 1.165) is 0 Å². The van der Waals surface area contributed by atoms with E-state index in [2.05, 4.69) is 4.89 Å². The molecule has 0 aliphatic carbocycles. The summed E-state index contributed by atoms with van der Waals surface area (Å²) < 4.78 is 4.77. The third kappa shape index (κ3) is 1.99. The van der Waals surface area contributed by atoms with Crippen LogP contribution in [0.2, 0.25) is 0 Å². The van der Waals surface area contributed by atoms with Crippen LogP contribution in [0.5, 0.6) is 0 Å². The highest BCUT2D eigenvalue weighted by Crippen LogP contribution is 2.18. The van der Waals surface area contributed by atoms with Gasteiger partial charge in [-0.1, -0.05) is 13.8 Å². The zero-order valence-electron chi connectivity index (χ0n) is 7.09. The van der Waals surface area contributed by atoms with Gasteiger partial charge in [-0.3, -0.25) is 4.79 Å². The minimum absolute atomic E-state index is 0.259. The summed E-state index contributed by atoms with van der Waals surface area (Å²) in [6, 6.07) is 0. The van der Waals surface area contributed by atoms with Gasteiger partial charge in [0, 0.05) is 20.0 Å². The number of rotatable bonds is 5. The lowest BCUT2D eigenvalue weighted by Gasteiger charge is -2.24.